The van der Waals surface area contributed by atoms with Crippen molar-refractivity contribution in [2.24, 2.45) is 5.73 Å². The van der Waals surface area contributed by atoms with Crippen molar-refractivity contribution < 1.29 is 19.4 Å². The fraction of sp³-hybridized carbons (Fsp3) is 0.714. The Bertz CT molecular complexity index is 169. The van der Waals surface area contributed by atoms with Gasteiger partial charge in [-0.3, -0.25) is 9.59 Å². The monoisotopic (exact) mass is 175 g/mol. The van der Waals surface area contributed by atoms with Gasteiger partial charge in [0.15, 0.2) is 0 Å². The highest BCUT2D eigenvalue weighted by molar-refractivity contribution is 5.72. The molecular weight excluding hydrogens is 162 g/mol. The van der Waals surface area contributed by atoms with Crippen LogP contribution in [0.1, 0.15) is 19.8 Å². The molecular formula is C7H13NO4. The minimum absolute atomic E-state index is 0.0415. The van der Waals surface area contributed by atoms with E-state index in [1.54, 1.807) is 6.92 Å². The summed E-state index contributed by atoms with van der Waals surface area (Å²) >= 11 is 0. The first kappa shape index (κ1) is 10.9. The Kier molecular flexibility index (Phi) is 5.03. The summed E-state index contributed by atoms with van der Waals surface area (Å²) in [6.45, 7) is 1.97. The van der Waals surface area contributed by atoms with E-state index in [-0.39, 0.29) is 12.8 Å². The van der Waals surface area contributed by atoms with Crippen LogP contribution in [0.15, 0.2) is 0 Å². The SMILES string of the molecule is CCOC(=O)C[C@H](N)CC(=O)O. The summed E-state index contributed by atoms with van der Waals surface area (Å²) in [4.78, 5) is 20.9. The molecule has 0 aromatic rings. The van der Waals surface area contributed by atoms with Crippen molar-refractivity contribution >= 4 is 11.9 Å². The van der Waals surface area contributed by atoms with E-state index in [0.717, 1.165) is 0 Å². The van der Waals surface area contributed by atoms with E-state index >= 15 is 0 Å². The van der Waals surface area contributed by atoms with Gasteiger partial charge < -0.3 is 15.6 Å². The van der Waals surface area contributed by atoms with Gasteiger partial charge in [0.25, 0.3) is 0 Å². The lowest BCUT2D eigenvalue weighted by atomic mass is 10.1. The summed E-state index contributed by atoms with van der Waals surface area (Å²) in [5.41, 5.74) is 5.32. The molecule has 0 aliphatic heterocycles. The van der Waals surface area contributed by atoms with Gasteiger partial charge in [-0.1, -0.05) is 0 Å². The van der Waals surface area contributed by atoms with Gasteiger partial charge in [0.1, 0.15) is 0 Å². The zero-order valence-electron chi connectivity index (χ0n) is 6.95. The van der Waals surface area contributed by atoms with Crippen LogP contribution in [0.25, 0.3) is 0 Å². The number of carboxylic acid groups (broad SMARTS) is 1. The highest BCUT2D eigenvalue weighted by atomic mass is 16.5. The average Bonchev–Trinajstić information content (AvgIpc) is 1.84. The van der Waals surface area contributed by atoms with Gasteiger partial charge in [-0.05, 0) is 6.92 Å². The van der Waals surface area contributed by atoms with Crippen molar-refractivity contribution in [3.63, 3.8) is 0 Å². The van der Waals surface area contributed by atoms with Gasteiger partial charge in [-0.25, -0.2) is 0 Å². The molecule has 0 saturated carbocycles. The lowest BCUT2D eigenvalue weighted by Gasteiger charge is -2.06. The van der Waals surface area contributed by atoms with Crippen LogP contribution in [0.3, 0.4) is 0 Å². The van der Waals surface area contributed by atoms with Gasteiger partial charge in [0, 0.05) is 6.04 Å². The maximum absolute atomic E-state index is 10.7. The van der Waals surface area contributed by atoms with Gasteiger partial charge in [0.05, 0.1) is 19.4 Å². The first-order valence-electron chi connectivity index (χ1n) is 3.69. The molecule has 0 unspecified atom stereocenters. The fourth-order valence-electron chi connectivity index (χ4n) is 0.730. The third-order valence-corrected chi connectivity index (χ3v) is 1.17. The first-order valence-corrected chi connectivity index (χ1v) is 3.69. The Morgan fingerprint density at radius 2 is 2.08 bits per heavy atom. The van der Waals surface area contributed by atoms with Gasteiger partial charge in [0.2, 0.25) is 0 Å². The summed E-state index contributed by atoms with van der Waals surface area (Å²) in [6, 6.07) is -0.651. The molecule has 0 bridgehead atoms. The number of aliphatic carboxylic acids is 1. The second kappa shape index (κ2) is 5.54. The van der Waals surface area contributed by atoms with Crippen LogP contribution in [-0.4, -0.2) is 29.7 Å². The van der Waals surface area contributed by atoms with Crippen LogP contribution in [0.5, 0.6) is 0 Å². The van der Waals surface area contributed by atoms with Crippen molar-refractivity contribution in [3.8, 4) is 0 Å². The summed E-state index contributed by atoms with van der Waals surface area (Å²) in [5.74, 6) is -1.46. The molecule has 12 heavy (non-hydrogen) atoms. The minimum Gasteiger partial charge on any atom is -0.481 e. The van der Waals surface area contributed by atoms with Crippen LogP contribution >= 0.6 is 0 Å². The van der Waals surface area contributed by atoms with Gasteiger partial charge in [-0.2, -0.15) is 0 Å². The zero-order valence-corrected chi connectivity index (χ0v) is 6.95. The Morgan fingerprint density at radius 1 is 1.50 bits per heavy atom. The number of hydrogen-bond donors (Lipinski definition) is 2. The van der Waals surface area contributed by atoms with Gasteiger partial charge >= 0.3 is 11.9 Å². The van der Waals surface area contributed by atoms with Crippen molar-refractivity contribution in [1.82, 2.24) is 0 Å². The number of nitrogens with two attached hydrogens (primary N) is 1. The number of ether oxygens (including phenoxy) is 1. The van der Waals surface area contributed by atoms with E-state index in [0.29, 0.717) is 6.61 Å². The Morgan fingerprint density at radius 3 is 2.50 bits per heavy atom. The molecule has 5 heteroatoms. The Labute approximate surface area is 70.5 Å². The Balaban J connectivity index is 3.61. The second-order valence-electron chi connectivity index (χ2n) is 2.37. The van der Waals surface area contributed by atoms with E-state index in [1.807, 2.05) is 0 Å². The van der Waals surface area contributed by atoms with Crippen LogP contribution in [-0.2, 0) is 14.3 Å². The number of carbonyl (C=O) groups excluding carboxylic acids is 1. The lowest BCUT2D eigenvalue weighted by molar-refractivity contribution is -0.144. The molecule has 0 aliphatic rings. The molecule has 1 atom stereocenters. The van der Waals surface area contributed by atoms with Crippen molar-refractivity contribution in [2.75, 3.05) is 6.61 Å². The second-order valence-corrected chi connectivity index (χ2v) is 2.37. The maximum Gasteiger partial charge on any atom is 0.307 e. The number of carbonyl (C=O) groups is 2. The summed E-state index contributed by atoms with van der Waals surface area (Å²) < 4.78 is 4.58. The Hall–Kier alpha value is -1.10. The first-order chi connectivity index (χ1) is 5.56. The molecule has 0 aliphatic carbocycles. The number of esters is 1. The standard InChI is InChI=1S/C7H13NO4/c1-2-12-7(11)4-5(8)3-6(9)10/h5H,2-4,8H2,1H3,(H,9,10)/t5-/m1/s1. The molecule has 0 heterocycles. The van der Waals surface area contributed by atoms with Gasteiger partial charge in [-0.15, -0.1) is 0 Å². The molecule has 70 valence electrons. The predicted molar refractivity (Wildman–Crippen MR) is 41.5 cm³/mol. The van der Waals surface area contributed by atoms with Crippen molar-refractivity contribution in [2.45, 2.75) is 25.8 Å². The van der Waals surface area contributed by atoms with E-state index in [4.69, 9.17) is 10.8 Å². The van der Waals surface area contributed by atoms with Crippen LogP contribution < -0.4 is 5.73 Å². The quantitative estimate of drug-likeness (QED) is 0.562. The molecule has 0 amide bonds. The fourth-order valence-corrected chi connectivity index (χ4v) is 0.730. The van der Waals surface area contributed by atoms with Crippen molar-refractivity contribution in [1.29, 1.82) is 0 Å². The largest absolute Gasteiger partial charge is 0.481 e. The minimum atomic E-state index is -1.01. The van der Waals surface area contributed by atoms with E-state index in [2.05, 4.69) is 4.74 Å². The molecule has 0 aromatic heterocycles. The van der Waals surface area contributed by atoms with E-state index < -0.39 is 18.0 Å². The third kappa shape index (κ3) is 5.67. The highest BCUT2D eigenvalue weighted by Gasteiger charge is 2.13. The molecule has 0 rings (SSSR count). The van der Waals surface area contributed by atoms with Crippen molar-refractivity contribution in [3.05, 3.63) is 0 Å². The molecule has 0 aromatic carbocycles. The predicted octanol–water partition coefficient (Wildman–Crippen LogP) is -0.258. The molecule has 0 spiro atoms. The highest BCUT2D eigenvalue weighted by Crippen LogP contribution is 1.96. The summed E-state index contributed by atoms with van der Waals surface area (Å²) in [7, 11) is 0. The molecule has 0 saturated heterocycles. The zero-order chi connectivity index (χ0) is 9.56. The van der Waals surface area contributed by atoms with Crippen LogP contribution in [0.2, 0.25) is 0 Å². The van der Waals surface area contributed by atoms with Crippen LogP contribution in [0, 0.1) is 0 Å². The molecule has 0 radical (unpaired) electrons. The number of hydrogen-bond acceptors (Lipinski definition) is 4. The molecule has 0 fully saturated rings. The van der Waals surface area contributed by atoms with E-state index in [9.17, 15) is 9.59 Å². The third-order valence-electron chi connectivity index (χ3n) is 1.17. The molecule has 3 N–H and O–H groups in total. The summed E-state index contributed by atoms with van der Waals surface area (Å²) in [5, 5.41) is 8.29. The summed E-state index contributed by atoms with van der Waals surface area (Å²) in [6.07, 6.45) is -0.251. The van der Waals surface area contributed by atoms with Crippen LogP contribution in [0.4, 0.5) is 0 Å². The normalized spacial score (nSPS) is 12.2. The maximum atomic E-state index is 10.7. The topological polar surface area (TPSA) is 89.6 Å². The molecule has 5 nitrogen and oxygen atoms in total. The smallest absolute Gasteiger partial charge is 0.307 e. The average molecular weight is 175 g/mol. The van der Waals surface area contributed by atoms with E-state index in [1.165, 1.54) is 0 Å². The number of carboxylic acids is 1. The lowest BCUT2D eigenvalue weighted by Crippen LogP contribution is -2.27. The number of rotatable bonds is 5.